The van der Waals surface area contributed by atoms with Crippen LogP contribution in [0.4, 0.5) is 0 Å². The molecule has 6 nitrogen and oxygen atoms in total. The van der Waals surface area contributed by atoms with Gasteiger partial charge in [-0.3, -0.25) is 0 Å². The molecule has 2 N–H and O–H groups in total. The number of nitrogens with two attached hydrogens (primary N) is 1. The van der Waals surface area contributed by atoms with E-state index in [4.69, 9.17) is 11.0 Å². The van der Waals surface area contributed by atoms with Gasteiger partial charge in [0.15, 0.2) is 19.7 Å². The van der Waals surface area contributed by atoms with E-state index >= 15 is 0 Å². The molecule has 1 aromatic carbocycles. The molecule has 1 rings (SSSR count). The second-order valence-electron chi connectivity index (χ2n) is 4.25. The molecule has 0 fully saturated rings. The van der Waals surface area contributed by atoms with Crippen LogP contribution >= 0.6 is 0 Å². The normalized spacial score (nSPS) is 12.0. The van der Waals surface area contributed by atoms with Gasteiger partial charge in [-0.05, 0) is 31.2 Å². The molecule has 0 spiro atoms. The van der Waals surface area contributed by atoms with Gasteiger partial charge < -0.3 is 5.73 Å². The number of benzene rings is 1. The molecule has 0 atom stereocenters. The van der Waals surface area contributed by atoms with E-state index in [0.717, 1.165) is 0 Å². The fraction of sp³-hybridized carbons (Fsp3) is 0.417. The van der Waals surface area contributed by atoms with Gasteiger partial charge in [0.2, 0.25) is 0 Å². The van der Waals surface area contributed by atoms with Crippen molar-refractivity contribution < 1.29 is 16.8 Å². The SMILES string of the molecule is N#Cc1cccc(S(=O)(=O)CCS(=O)(=O)CCCN)c1. The topological polar surface area (TPSA) is 118 Å². The largest absolute Gasteiger partial charge is 0.330 e. The van der Waals surface area contributed by atoms with Crippen molar-refractivity contribution in [3.05, 3.63) is 29.8 Å². The minimum Gasteiger partial charge on any atom is -0.330 e. The van der Waals surface area contributed by atoms with Crippen LogP contribution in [-0.4, -0.2) is 40.6 Å². The number of nitrogens with zero attached hydrogens (tertiary/aromatic N) is 1. The first-order valence-corrected chi connectivity index (χ1v) is 9.41. The van der Waals surface area contributed by atoms with Gasteiger partial charge in [-0.2, -0.15) is 5.26 Å². The summed E-state index contributed by atoms with van der Waals surface area (Å²) in [7, 11) is -7.14. The molecule has 0 aliphatic heterocycles. The van der Waals surface area contributed by atoms with E-state index in [-0.39, 0.29) is 22.8 Å². The second kappa shape index (κ2) is 6.83. The standard InChI is InChI=1S/C12H16N2O4S2/c13-5-2-6-19(15,16)7-8-20(17,18)12-4-1-3-11(9-12)10-14/h1,3-4,9H,2,5-8,13H2. The maximum atomic E-state index is 12.0. The Morgan fingerprint density at radius 3 is 2.40 bits per heavy atom. The van der Waals surface area contributed by atoms with Crippen LogP contribution in [-0.2, 0) is 19.7 Å². The summed E-state index contributed by atoms with van der Waals surface area (Å²) in [5.74, 6) is -1.04. The van der Waals surface area contributed by atoms with Crippen LogP contribution in [0.1, 0.15) is 12.0 Å². The van der Waals surface area contributed by atoms with Gasteiger partial charge in [-0.15, -0.1) is 0 Å². The lowest BCUT2D eigenvalue weighted by molar-refractivity contribution is 0.586. The van der Waals surface area contributed by atoms with E-state index < -0.39 is 31.2 Å². The predicted octanol–water partition coefficient (Wildman–Crippen LogP) is 0.0956. The summed E-state index contributed by atoms with van der Waals surface area (Å²) in [6, 6.07) is 7.37. The Morgan fingerprint density at radius 2 is 1.80 bits per heavy atom. The Balaban J connectivity index is 2.83. The number of sulfone groups is 2. The number of nitriles is 1. The molecule has 0 saturated carbocycles. The molecule has 0 unspecified atom stereocenters. The summed E-state index contributed by atoms with van der Waals surface area (Å²) in [5, 5.41) is 8.73. The third-order valence-corrected chi connectivity index (χ3v) is 6.35. The van der Waals surface area contributed by atoms with E-state index in [1.54, 1.807) is 0 Å². The van der Waals surface area contributed by atoms with Gasteiger partial charge in [0.1, 0.15) is 0 Å². The zero-order chi connectivity index (χ0) is 15.2. The van der Waals surface area contributed by atoms with Crippen LogP contribution in [0.2, 0.25) is 0 Å². The first kappa shape index (κ1) is 16.6. The van der Waals surface area contributed by atoms with Gasteiger partial charge in [0.05, 0.1) is 33.8 Å². The summed E-state index contributed by atoms with van der Waals surface area (Å²) in [4.78, 5) is -0.0365. The average Bonchev–Trinajstić information content (AvgIpc) is 2.43. The number of rotatable bonds is 7. The molecule has 0 amide bonds. The predicted molar refractivity (Wildman–Crippen MR) is 75.5 cm³/mol. The fourth-order valence-corrected chi connectivity index (χ4v) is 5.05. The number of hydrogen-bond acceptors (Lipinski definition) is 6. The lowest BCUT2D eigenvalue weighted by Gasteiger charge is -2.06. The highest BCUT2D eigenvalue weighted by atomic mass is 32.2. The van der Waals surface area contributed by atoms with Crippen molar-refractivity contribution in [1.82, 2.24) is 0 Å². The average molecular weight is 316 g/mol. The summed E-state index contributed by atoms with van der Waals surface area (Å²) in [6.45, 7) is 0.246. The second-order valence-corrected chi connectivity index (χ2v) is 8.67. The van der Waals surface area contributed by atoms with Crippen molar-refractivity contribution in [2.24, 2.45) is 5.73 Å². The molecule has 0 bridgehead atoms. The van der Waals surface area contributed by atoms with E-state index in [1.807, 2.05) is 6.07 Å². The van der Waals surface area contributed by atoms with E-state index in [0.29, 0.717) is 6.42 Å². The Hall–Kier alpha value is -1.43. The molecule has 8 heteroatoms. The third-order valence-electron chi connectivity index (χ3n) is 2.64. The summed E-state index contributed by atoms with van der Waals surface area (Å²) < 4.78 is 47.3. The Bertz CT molecular complexity index is 703. The van der Waals surface area contributed by atoms with Crippen molar-refractivity contribution in [3.63, 3.8) is 0 Å². The van der Waals surface area contributed by atoms with E-state index in [2.05, 4.69) is 0 Å². The molecule has 0 aliphatic carbocycles. The van der Waals surface area contributed by atoms with Crippen LogP contribution in [0.15, 0.2) is 29.2 Å². The Labute approximate surface area is 119 Å². The minimum atomic E-state index is -3.71. The highest BCUT2D eigenvalue weighted by molar-refractivity contribution is 7.95. The third kappa shape index (κ3) is 4.92. The lowest BCUT2D eigenvalue weighted by atomic mass is 10.2. The molecule has 20 heavy (non-hydrogen) atoms. The van der Waals surface area contributed by atoms with Gasteiger partial charge in [0, 0.05) is 0 Å². The molecule has 0 aliphatic rings. The quantitative estimate of drug-likeness (QED) is 0.762. The van der Waals surface area contributed by atoms with Crippen molar-refractivity contribution in [2.45, 2.75) is 11.3 Å². The highest BCUT2D eigenvalue weighted by Crippen LogP contribution is 2.13. The van der Waals surface area contributed by atoms with Crippen LogP contribution in [0.3, 0.4) is 0 Å². The minimum absolute atomic E-state index is 0.0365. The smallest absolute Gasteiger partial charge is 0.179 e. The molecule has 0 radical (unpaired) electrons. The summed E-state index contributed by atoms with van der Waals surface area (Å²) in [5.41, 5.74) is 5.45. The number of hydrogen-bond donors (Lipinski definition) is 1. The van der Waals surface area contributed by atoms with Gasteiger partial charge >= 0.3 is 0 Å². The summed E-state index contributed by atoms with van der Waals surface area (Å²) >= 11 is 0. The van der Waals surface area contributed by atoms with Crippen molar-refractivity contribution in [1.29, 1.82) is 5.26 Å². The maximum absolute atomic E-state index is 12.0. The Kier molecular flexibility index (Phi) is 5.68. The summed E-state index contributed by atoms with van der Waals surface area (Å²) in [6.07, 6.45) is 0.312. The van der Waals surface area contributed by atoms with Gasteiger partial charge in [0.25, 0.3) is 0 Å². The first-order valence-electron chi connectivity index (χ1n) is 5.94. The fourth-order valence-electron chi connectivity index (χ4n) is 1.52. The first-order chi connectivity index (χ1) is 9.30. The van der Waals surface area contributed by atoms with Gasteiger partial charge in [-0.25, -0.2) is 16.8 Å². The molecular formula is C12H16N2O4S2. The molecule has 0 aromatic heterocycles. The molecule has 0 heterocycles. The van der Waals surface area contributed by atoms with Crippen LogP contribution in [0.25, 0.3) is 0 Å². The van der Waals surface area contributed by atoms with E-state index in [9.17, 15) is 16.8 Å². The molecular weight excluding hydrogens is 300 g/mol. The van der Waals surface area contributed by atoms with Crippen LogP contribution in [0, 0.1) is 11.3 Å². The van der Waals surface area contributed by atoms with Crippen molar-refractivity contribution in [3.8, 4) is 6.07 Å². The Morgan fingerprint density at radius 1 is 1.10 bits per heavy atom. The van der Waals surface area contributed by atoms with Crippen molar-refractivity contribution in [2.75, 3.05) is 23.8 Å². The maximum Gasteiger partial charge on any atom is 0.179 e. The monoisotopic (exact) mass is 316 g/mol. The molecule has 0 saturated heterocycles. The van der Waals surface area contributed by atoms with Crippen LogP contribution < -0.4 is 5.73 Å². The van der Waals surface area contributed by atoms with Gasteiger partial charge in [-0.1, -0.05) is 6.07 Å². The van der Waals surface area contributed by atoms with E-state index in [1.165, 1.54) is 24.3 Å². The molecule has 110 valence electrons. The highest BCUT2D eigenvalue weighted by Gasteiger charge is 2.19. The van der Waals surface area contributed by atoms with Crippen LogP contribution in [0.5, 0.6) is 0 Å². The zero-order valence-electron chi connectivity index (χ0n) is 10.8. The van der Waals surface area contributed by atoms with Crippen molar-refractivity contribution >= 4 is 19.7 Å². The molecule has 1 aromatic rings. The lowest BCUT2D eigenvalue weighted by Crippen LogP contribution is -2.21. The zero-order valence-corrected chi connectivity index (χ0v) is 12.5.